The number of aromatic amines is 1. The third kappa shape index (κ3) is 2.18. The molecule has 0 fully saturated rings. The molecule has 0 spiro atoms. The summed E-state index contributed by atoms with van der Waals surface area (Å²) in [7, 11) is 0. The first-order valence-electron chi connectivity index (χ1n) is 5.73. The van der Waals surface area contributed by atoms with Crippen LogP contribution in [0.4, 0.5) is 0 Å². The van der Waals surface area contributed by atoms with Crippen molar-refractivity contribution in [3.8, 4) is 5.69 Å². The van der Waals surface area contributed by atoms with Crippen molar-refractivity contribution in [3.63, 3.8) is 0 Å². The SMILES string of the molecule is Cc1ccc2c(c1)[nH]c(=S)n2-c1ccc(Cl)cc1Cl. The Morgan fingerprint density at radius 2 is 1.89 bits per heavy atom. The Morgan fingerprint density at radius 3 is 2.63 bits per heavy atom. The van der Waals surface area contributed by atoms with Crippen molar-refractivity contribution in [1.82, 2.24) is 9.55 Å². The van der Waals surface area contributed by atoms with E-state index >= 15 is 0 Å². The number of aryl methyl sites for hydroxylation is 1. The second-order valence-corrected chi connectivity index (χ2v) is 5.61. The van der Waals surface area contributed by atoms with Gasteiger partial charge in [-0.25, -0.2) is 0 Å². The van der Waals surface area contributed by atoms with Crippen LogP contribution in [0.3, 0.4) is 0 Å². The van der Waals surface area contributed by atoms with E-state index in [4.69, 9.17) is 35.4 Å². The number of imidazole rings is 1. The van der Waals surface area contributed by atoms with Gasteiger partial charge >= 0.3 is 0 Å². The fraction of sp³-hybridized carbons (Fsp3) is 0.0714. The molecule has 0 bridgehead atoms. The molecule has 5 heteroatoms. The predicted molar refractivity (Wildman–Crippen MR) is 83.2 cm³/mol. The number of benzene rings is 2. The molecule has 0 aliphatic rings. The smallest absolute Gasteiger partial charge is 0.182 e. The highest BCUT2D eigenvalue weighted by molar-refractivity contribution is 7.71. The summed E-state index contributed by atoms with van der Waals surface area (Å²) in [6.07, 6.45) is 0. The number of hydrogen-bond acceptors (Lipinski definition) is 1. The maximum Gasteiger partial charge on any atom is 0.182 e. The number of nitrogens with one attached hydrogen (secondary N) is 1. The standard InChI is InChI=1S/C14H10Cl2N2S/c1-8-2-4-13-11(6-8)17-14(19)18(13)12-5-3-9(15)7-10(12)16/h2-7H,1H3,(H,17,19). The molecule has 1 aromatic heterocycles. The summed E-state index contributed by atoms with van der Waals surface area (Å²) in [5.41, 5.74) is 4.00. The van der Waals surface area contributed by atoms with Crippen molar-refractivity contribution in [3.05, 3.63) is 56.8 Å². The van der Waals surface area contributed by atoms with Crippen LogP contribution in [0.5, 0.6) is 0 Å². The molecule has 2 nitrogen and oxygen atoms in total. The van der Waals surface area contributed by atoms with Gasteiger partial charge < -0.3 is 4.98 Å². The van der Waals surface area contributed by atoms with Gasteiger partial charge in [0.1, 0.15) is 0 Å². The lowest BCUT2D eigenvalue weighted by Gasteiger charge is -2.07. The highest BCUT2D eigenvalue weighted by Gasteiger charge is 2.10. The fourth-order valence-corrected chi connectivity index (χ4v) is 2.93. The molecule has 96 valence electrons. The van der Waals surface area contributed by atoms with E-state index in [1.165, 1.54) is 5.56 Å². The maximum absolute atomic E-state index is 6.26. The van der Waals surface area contributed by atoms with E-state index in [9.17, 15) is 0 Å². The van der Waals surface area contributed by atoms with Gasteiger partial charge in [-0.1, -0.05) is 29.3 Å². The quantitative estimate of drug-likeness (QED) is 0.605. The first-order chi connectivity index (χ1) is 9.06. The van der Waals surface area contributed by atoms with Gasteiger partial charge in [0.05, 0.1) is 21.7 Å². The third-order valence-corrected chi connectivity index (χ3v) is 3.81. The summed E-state index contributed by atoms with van der Waals surface area (Å²) in [5, 5.41) is 1.18. The van der Waals surface area contributed by atoms with Crippen LogP contribution in [0.2, 0.25) is 10.0 Å². The Hall–Kier alpha value is -1.29. The normalized spacial score (nSPS) is 11.1. The van der Waals surface area contributed by atoms with E-state index in [0.717, 1.165) is 16.7 Å². The molecule has 2 aromatic carbocycles. The van der Waals surface area contributed by atoms with Crippen molar-refractivity contribution in [2.45, 2.75) is 6.92 Å². The monoisotopic (exact) mass is 308 g/mol. The van der Waals surface area contributed by atoms with E-state index in [0.29, 0.717) is 14.8 Å². The minimum atomic E-state index is 0.574. The Bertz CT molecular complexity index is 833. The van der Waals surface area contributed by atoms with Crippen LogP contribution in [0.1, 0.15) is 5.56 Å². The number of rotatable bonds is 1. The number of hydrogen-bond donors (Lipinski definition) is 1. The first-order valence-corrected chi connectivity index (χ1v) is 6.89. The van der Waals surface area contributed by atoms with Gasteiger partial charge in [-0.2, -0.15) is 0 Å². The number of H-pyrrole nitrogens is 1. The lowest BCUT2D eigenvalue weighted by molar-refractivity contribution is 1.07. The predicted octanol–water partition coefficient (Wildman–Crippen LogP) is 5.30. The fourth-order valence-electron chi connectivity index (χ4n) is 2.13. The molecule has 3 aromatic rings. The zero-order chi connectivity index (χ0) is 13.6. The second-order valence-electron chi connectivity index (χ2n) is 4.38. The summed E-state index contributed by atoms with van der Waals surface area (Å²) in [5.74, 6) is 0. The van der Waals surface area contributed by atoms with Gasteiger partial charge in [-0.3, -0.25) is 4.57 Å². The van der Waals surface area contributed by atoms with Gasteiger partial charge in [0.15, 0.2) is 4.77 Å². The van der Waals surface area contributed by atoms with E-state index < -0.39 is 0 Å². The molecule has 0 aliphatic carbocycles. The molecule has 19 heavy (non-hydrogen) atoms. The van der Waals surface area contributed by atoms with Crippen LogP contribution in [0.25, 0.3) is 16.7 Å². The van der Waals surface area contributed by atoms with Crippen LogP contribution < -0.4 is 0 Å². The highest BCUT2D eigenvalue weighted by Crippen LogP contribution is 2.28. The number of aromatic nitrogens is 2. The average molecular weight is 309 g/mol. The van der Waals surface area contributed by atoms with Crippen LogP contribution in [-0.2, 0) is 0 Å². The molecule has 0 atom stereocenters. The zero-order valence-corrected chi connectivity index (χ0v) is 12.4. The lowest BCUT2D eigenvalue weighted by Crippen LogP contribution is -1.94. The Morgan fingerprint density at radius 1 is 1.11 bits per heavy atom. The third-order valence-electron chi connectivity index (χ3n) is 2.99. The summed E-state index contributed by atoms with van der Waals surface area (Å²) >= 11 is 17.6. The number of halogens is 2. The Labute approximate surface area is 125 Å². The van der Waals surface area contributed by atoms with E-state index in [1.807, 2.05) is 29.7 Å². The molecule has 3 rings (SSSR count). The summed E-state index contributed by atoms with van der Waals surface area (Å²) in [6, 6.07) is 11.5. The first kappa shape index (κ1) is 12.7. The summed E-state index contributed by atoms with van der Waals surface area (Å²) in [6.45, 7) is 2.04. The molecule has 0 unspecified atom stereocenters. The Kier molecular flexibility index (Phi) is 3.13. The van der Waals surface area contributed by atoms with E-state index in [-0.39, 0.29) is 0 Å². The van der Waals surface area contributed by atoms with Gasteiger partial charge in [0.25, 0.3) is 0 Å². The summed E-state index contributed by atoms with van der Waals surface area (Å²) < 4.78 is 2.53. The summed E-state index contributed by atoms with van der Waals surface area (Å²) in [4.78, 5) is 3.19. The largest absolute Gasteiger partial charge is 0.330 e. The lowest BCUT2D eigenvalue weighted by atomic mass is 10.2. The van der Waals surface area contributed by atoms with Crippen molar-refractivity contribution < 1.29 is 0 Å². The highest BCUT2D eigenvalue weighted by atomic mass is 35.5. The molecular weight excluding hydrogens is 299 g/mol. The van der Waals surface area contributed by atoms with Crippen molar-refractivity contribution in [2.24, 2.45) is 0 Å². The van der Waals surface area contributed by atoms with Gasteiger partial charge in [0.2, 0.25) is 0 Å². The van der Waals surface area contributed by atoms with Gasteiger partial charge in [0, 0.05) is 5.02 Å². The average Bonchev–Trinajstić information content (AvgIpc) is 2.65. The zero-order valence-electron chi connectivity index (χ0n) is 10.1. The second kappa shape index (κ2) is 4.67. The van der Waals surface area contributed by atoms with Gasteiger partial charge in [-0.05, 0) is 55.0 Å². The van der Waals surface area contributed by atoms with Crippen LogP contribution in [0.15, 0.2) is 36.4 Å². The minimum absolute atomic E-state index is 0.574. The van der Waals surface area contributed by atoms with Crippen LogP contribution in [-0.4, -0.2) is 9.55 Å². The van der Waals surface area contributed by atoms with Crippen molar-refractivity contribution in [2.75, 3.05) is 0 Å². The molecule has 0 saturated carbocycles. The molecule has 0 radical (unpaired) electrons. The van der Waals surface area contributed by atoms with E-state index in [2.05, 4.69) is 11.1 Å². The molecule has 1 N–H and O–H groups in total. The molecule has 0 saturated heterocycles. The molecule has 0 aliphatic heterocycles. The number of fused-ring (bicyclic) bond motifs is 1. The van der Waals surface area contributed by atoms with Crippen LogP contribution >= 0.6 is 35.4 Å². The molecular formula is C14H10Cl2N2S. The van der Waals surface area contributed by atoms with Crippen LogP contribution in [0, 0.1) is 11.7 Å². The number of nitrogens with zero attached hydrogens (tertiary/aromatic N) is 1. The van der Waals surface area contributed by atoms with Crippen molar-refractivity contribution in [1.29, 1.82) is 0 Å². The Balaban J connectivity index is 2.36. The maximum atomic E-state index is 6.26. The topological polar surface area (TPSA) is 20.7 Å². The van der Waals surface area contributed by atoms with Crippen molar-refractivity contribution >= 4 is 46.5 Å². The molecule has 0 amide bonds. The van der Waals surface area contributed by atoms with Gasteiger partial charge in [-0.15, -0.1) is 0 Å². The van der Waals surface area contributed by atoms with E-state index in [1.54, 1.807) is 12.1 Å². The minimum Gasteiger partial charge on any atom is -0.330 e. The molecule has 1 heterocycles.